The van der Waals surface area contributed by atoms with Gasteiger partial charge in [-0.05, 0) is 53.8 Å². The first-order valence-corrected chi connectivity index (χ1v) is 33.2. The summed E-state index contributed by atoms with van der Waals surface area (Å²) in [5.41, 5.74) is 6.07. The van der Waals surface area contributed by atoms with Gasteiger partial charge >= 0.3 is 6.09 Å². The zero-order valence-corrected chi connectivity index (χ0v) is 51.0. The van der Waals surface area contributed by atoms with Gasteiger partial charge in [0.05, 0.1) is 26.4 Å². The Labute approximate surface area is 484 Å². The van der Waals surface area contributed by atoms with Crippen molar-refractivity contribution in [2.75, 3.05) is 27.4 Å². The molecule has 0 saturated heterocycles. The lowest BCUT2D eigenvalue weighted by Crippen LogP contribution is -2.33. The summed E-state index contributed by atoms with van der Waals surface area (Å²) in [6.45, 7) is 5.88. The van der Waals surface area contributed by atoms with Crippen molar-refractivity contribution in [3.63, 3.8) is 0 Å². The Bertz CT molecular complexity index is 2090. The zero-order valence-electron chi connectivity index (χ0n) is 51.0. The first-order chi connectivity index (χ1) is 39.0. The second-order valence-electron chi connectivity index (χ2n) is 23.6. The molecule has 0 saturated carbocycles. The maximum absolute atomic E-state index is 14.6. The van der Waals surface area contributed by atoms with Crippen LogP contribution in [0, 0.1) is 0 Å². The van der Waals surface area contributed by atoms with Crippen LogP contribution >= 0.6 is 0 Å². The summed E-state index contributed by atoms with van der Waals surface area (Å²) in [5, 5.41) is 0. The van der Waals surface area contributed by atoms with Crippen molar-refractivity contribution in [2.24, 2.45) is 0 Å². The Morgan fingerprint density at radius 2 is 0.759 bits per heavy atom. The molecule has 0 fully saturated rings. The molecule has 0 heterocycles. The van der Waals surface area contributed by atoms with E-state index in [4.69, 9.17) is 18.9 Å². The van der Waals surface area contributed by atoms with Gasteiger partial charge in [0.1, 0.15) is 17.2 Å². The highest BCUT2D eigenvalue weighted by atomic mass is 16.6. The van der Waals surface area contributed by atoms with Crippen molar-refractivity contribution >= 4 is 6.09 Å². The maximum atomic E-state index is 14.6. The van der Waals surface area contributed by atoms with E-state index in [0.29, 0.717) is 13.2 Å². The number of carbonyl (C=O) groups excluding carboxylic acids is 1. The average Bonchev–Trinajstić information content (AvgIpc) is 3.89. The van der Waals surface area contributed by atoms with Gasteiger partial charge in [0.25, 0.3) is 0 Å². The van der Waals surface area contributed by atoms with Gasteiger partial charge in [-0.1, -0.05) is 319 Å². The highest BCUT2D eigenvalue weighted by Crippen LogP contribution is 2.46. The van der Waals surface area contributed by atoms with Crippen molar-refractivity contribution in [3.8, 4) is 28.4 Å². The number of hydrogen-bond acceptors (Lipinski definition) is 5. The van der Waals surface area contributed by atoms with E-state index < -0.39 is 18.2 Å². The molecule has 4 aromatic rings. The highest BCUT2D eigenvalue weighted by Gasteiger charge is 2.35. The third kappa shape index (κ3) is 25.9. The van der Waals surface area contributed by atoms with E-state index in [1.165, 1.54) is 238 Å². The van der Waals surface area contributed by atoms with Crippen LogP contribution in [-0.2, 0) is 4.74 Å². The van der Waals surface area contributed by atoms with Gasteiger partial charge in [-0.25, -0.2) is 4.79 Å². The molecule has 1 aliphatic rings. The summed E-state index contributed by atoms with van der Waals surface area (Å²) in [5.74, 6) is 2.31. The Morgan fingerprint density at radius 3 is 1.14 bits per heavy atom. The first-order valence-electron chi connectivity index (χ1n) is 33.2. The number of ether oxygens (including phenoxy) is 4. The molecule has 6 heteroatoms. The molecule has 79 heavy (non-hydrogen) atoms. The number of hydrogen-bond donors (Lipinski definition) is 0. The first kappa shape index (κ1) is 65.4. The van der Waals surface area contributed by atoms with Crippen LogP contribution in [-0.4, -0.2) is 38.4 Å². The predicted molar refractivity (Wildman–Crippen MR) is 336 cm³/mol. The molecule has 1 unspecified atom stereocenters. The molecule has 1 aliphatic carbocycles. The summed E-state index contributed by atoms with van der Waals surface area (Å²) in [6, 6.07) is 30.2. The quantitative estimate of drug-likeness (QED) is 0.0413. The Balaban J connectivity index is 1.08. The summed E-state index contributed by atoms with van der Waals surface area (Å²) >= 11 is 0. The Morgan fingerprint density at radius 1 is 0.418 bits per heavy atom. The predicted octanol–water partition coefficient (Wildman–Crippen LogP) is 23.0. The van der Waals surface area contributed by atoms with E-state index >= 15 is 0 Å². The summed E-state index contributed by atoms with van der Waals surface area (Å²) in [7, 11) is 3.53. The van der Waals surface area contributed by atoms with E-state index in [0.717, 1.165) is 69.9 Å². The van der Waals surface area contributed by atoms with Gasteiger partial charge in [-0.15, -0.1) is 0 Å². The minimum Gasteiger partial charge on any atom is -0.497 e. The van der Waals surface area contributed by atoms with Crippen molar-refractivity contribution < 1.29 is 23.7 Å². The molecule has 0 bridgehead atoms. The van der Waals surface area contributed by atoms with Crippen molar-refractivity contribution in [1.29, 1.82) is 0 Å². The zero-order chi connectivity index (χ0) is 55.6. The fraction of sp³-hybridized carbons (Fsp3) is 0.658. The number of methoxy groups -OCH3 is 1. The van der Waals surface area contributed by atoms with Crippen molar-refractivity contribution in [2.45, 2.75) is 283 Å². The molecule has 0 aliphatic heterocycles. The lowest BCUT2D eigenvalue weighted by molar-refractivity contribution is 0.0783. The molecular formula is C73H113NO5. The lowest BCUT2D eigenvalue weighted by atomic mass is 9.96. The number of carbonyl (C=O) groups is 1. The fourth-order valence-electron chi connectivity index (χ4n) is 12.0. The summed E-state index contributed by atoms with van der Waals surface area (Å²) < 4.78 is 25.3. The lowest BCUT2D eigenvalue weighted by Gasteiger charge is -2.31. The standard InChI is InChI=1S/C73H113NO5/c1-5-7-9-11-13-15-17-19-21-23-25-27-29-31-33-35-37-39-41-47-59-77-64-57-58-69(70(61-64)78-60-48-42-40-38-36-34-32-30-28-26-24-22-20-18-16-14-12-10-8-6-2)71(62-53-55-63(76-4)56-54-62)74(3)73(75)79-72-67-51-45-43-49-65(67)66-50-44-46-52-68(66)72/h43-46,49-58,61,71-72H,5-42,47-48,59-60H2,1-4H3. The molecule has 1 amide bonds. The van der Waals surface area contributed by atoms with Gasteiger partial charge in [0, 0.05) is 29.8 Å². The Kier molecular flexibility index (Phi) is 35.1. The molecule has 0 N–H and O–H groups in total. The van der Waals surface area contributed by atoms with Crippen LogP contribution in [0.2, 0.25) is 0 Å². The number of nitrogens with zero attached hydrogens (tertiary/aromatic N) is 1. The topological polar surface area (TPSA) is 57.2 Å². The van der Waals surface area contributed by atoms with Crippen molar-refractivity contribution in [3.05, 3.63) is 113 Å². The summed E-state index contributed by atoms with van der Waals surface area (Å²) in [4.78, 5) is 16.3. The van der Waals surface area contributed by atoms with Gasteiger partial charge in [-0.3, -0.25) is 4.90 Å². The van der Waals surface area contributed by atoms with Gasteiger partial charge in [-0.2, -0.15) is 0 Å². The molecule has 440 valence electrons. The van der Waals surface area contributed by atoms with Crippen LogP contribution in [0.3, 0.4) is 0 Å². The van der Waals surface area contributed by atoms with Crippen LogP contribution in [0.4, 0.5) is 4.79 Å². The average molecular weight is 1080 g/mol. The molecule has 0 spiro atoms. The molecule has 5 rings (SSSR count). The number of unbranched alkanes of at least 4 members (excludes halogenated alkanes) is 38. The van der Waals surface area contributed by atoms with Crippen molar-refractivity contribution in [1.82, 2.24) is 4.90 Å². The third-order valence-corrected chi connectivity index (χ3v) is 16.9. The molecular weight excluding hydrogens is 971 g/mol. The number of fused-ring (bicyclic) bond motifs is 3. The van der Waals surface area contributed by atoms with E-state index in [9.17, 15) is 4.79 Å². The number of benzene rings is 4. The van der Waals surface area contributed by atoms with Crippen LogP contribution < -0.4 is 14.2 Å². The second-order valence-corrected chi connectivity index (χ2v) is 23.6. The number of amides is 1. The van der Waals surface area contributed by atoms with E-state index in [1.54, 1.807) is 12.0 Å². The van der Waals surface area contributed by atoms with E-state index in [-0.39, 0.29) is 0 Å². The molecule has 0 aromatic heterocycles. The van der Waals surface area contributed by atoms with Crippen LogP contribution in [0.15, 0.2) is 91.0 Å². The molecule has 0 radical (unpaired) electrons. The Hall–Kier alpha value is -4.45. The van der Waals surface area contributed by atoms with Crippen LogP contribution in [0.5, 0.6) is 17.2 Å². The molecule has 4 aromatic carbocycles. The molecule has 1 atom stereocenters. The highest BCUT2D eigenvalue weighted by molar-refractivity contribution is 5.80. The minimum atomic E-state index is -0.501. The third-order valence-electron chi connectivity index (χ3n) is 16.9. The van der Waals surface area contributed by atoms with Gasteiger partial charge < -0.3 is 18.9 Å². The second kappa shape index (κ2) is 42.4. The monoisotopic (exact) mass is 1080 g/mol. The van der Waals surface area contributed by atoms with Crippen LogP contribution in [0.1, 0.15) is 305 Å². The van der Waals surface area contributed by atoms with E-state index in [1.807, 2.05) is 55.6 Å². The number of rotatable bonds is 49. The van der Waals surface area contributed by atoms with Crippen LogP contribution in [0.25, 0.3) is 11.1 Å². The maximum Gasteiger partial charge on any atom is 0.411 e. The fourth-order valence-corrected chi connectivity index (χ4v) is 12.0. The van der Waals surface area contributed by atoms with Gasteiger partial charge in [0.2, 0.25) is 0 Å². The largest absolute Gasteiger partial charge is 0.497 e. The SMILES string of the molecule is CCCCCCCCCCCCCCCCCCCCCCOc1ccc(C(c2ccc(OC)cc2)N(C)C(=O)OC2c3ccccc3-c3ccccc32)c(OCCCCCCCCCCCCCCCCCCCCCC)c1. The minimum absolute atomic E-state index is 0.405. The summed E-state index contributed by atoms with van der Waals surface area (Å²) in [6.07, 6.45) is 53.7. The van der Waals surface area contributed by atoms with E-state index in [2.05, 4.69) is 56.3 Å². The molecule has 6 nitrogen and oxygen atoms in total. The smallest absolute Gasteiger partial charge is 0.411 e. The normalized spacial score (nSPS) is 12.4. The van der Waals surface area contributed by atoms with Gasteiger partial charge in [0.15, 0.2) is 6.10 Å².